The summed E-state index contributed by atoms with van der Waals surface area (Å²) in [6, 6.07) is 5.61. The SMILES string of the molecule is CCOC(=O)/C(C)=C/c1ccc(OC)c(Br)c1. The van der Waals surface area contributed by atoms with Crippen LogP contribution in [0.5, 0.6) is 5.75 Å². The Morgan fingerprint density at radius 1 is 1.47 bits per heavy atom. The fourth-order valence-corrected chi connectivity index (χ4v) is 1.88. The van der Waals surface area contributed by atoms with E-state index in [1.165, 1.54) is 0 Å². The minimum absolute atomic E-state index is 0.292. The van der Waals surface area contributed by atoms with E-state index >= 15 is 0 Å². The molecule has 0 unspecified atom stereocenters. The molecule has 4 heteroatoms. The van der Waals surface area contributed by atoms with E-state index in [9.17, 15) is 4.79 Å². The summed E-state index contributed by atoms with van der Waals surface area (Å²) in [6.07, 6.45) is 1.78. The number of methoxy groups -OCH3 is 1. The van der Waals surface area contributed by atoms with Crippen molar-refractivity contribution in [2.75, 3.05) is 13.7 Å². The Morgan fingerprint density at radius 2 is 2.18 bits per heavy atom. The molecule has 0 aromatic heterocycles. The van der Waals surface area contributed by atoms with Crippen LogP contribution in [0.15, 0.2) is 28.2 Å². The van der Waals surface area contributed by atoms with E-state index in [0.29, 0.717) is 12.2 Å². The normalized spacial score (nSPS) is 11.2. The van der Waals surface area contributed by atoms with E-state index in [0.717, 1.165) is 15.8 Å². The highest BCUT2D eigenvalue weighted by Crippen LogP contribution is 2.26. The van der Waals surface area contributed by atoms with Gasteiger partial charge in [0.2, 0.25) is 0 Å². The van der Waals surface area contributed by atoms with Gasteiger partial charge in [-0.05, 0) is 53.5 Å². The molecule has 0 spiro atoms. The van der Waals surface area contributed by atoms with Crippen LogP contribution in [0.4, 0.5) is 0 Å². The van der Waals surface area contributed by atoms with Crippen LogP contribution in [0.2, 0.25) is 0 Å². The van der Waals surface area contributed by atoms with Crippen LogP contribution in [0.25, 0.3) is 6.08 Å². The van der Waals surface area contributed by atoms with Gasteiger partial charge in [-0.3, -0.25) is 0 Å². The Hall–Kier alpha value is -1.29. The van der Waals surface area contributed by atoms with Gasteiger partial charge in [-0.15, -0.1) is 0 Å². The van der Waals surface area contributed by atoms with E-state index in [4.69, 9.17) is 9.47 Å². The number of halogens is 1. The summed E-state index contributed by atoms with van der Waals surface area (Å²) in [6.45, 7) is 3.90. The third kappa shape index (κ3) is 3.89. The van der Waals surface area contributed by atoms with Crippen LogP contribution in [-0.2, 0) is 9.53 Å². The van der Waals surface area contributed by atoms with Crippen molar-refractivity contribution in [1.82, 2.24) is 0 Å². The first kappa shape index (κ1) is 13.8. The number of rotatable bonds is 4. The number of hydrogen-bond acceptors (Lipinski definition) is 3. The van der Waals surface area contributed by atoms with Crippen LogP contribution in [0.1, 0.15) is 19.4 Å². The van der Waals surface area contributed by atoms with E-state index in [2.05, 4.69) is 15.9 Å². The summed E-state index contributed by atoms with van der Waals surface area (Å²) in [5.41, 5.74) is 1.49. The highest BCUT2D eigenvalue weighted by atomic mass is 79.9. The molecule has 0 aliphatic rings. The molecule has 0 aliphatic carbocycles. The molecule has 92 valence electrons. The second-order valence-corrected chi connectivity index (χ2v) is 4.30. The fraction of sp³-hybridized carbons (Fsp3) is 0.308. The topological polar surface area (TPSA) is 35.5 Å². The lowest BCUT2D eigenvalue weighted by Gasteiger charge is -2.05. The molecule has 3 nitrogen and oxygen atoms in total. The van der Waals surface area contributed by atoms with Gasteiger partial charge in [-0.1, -0.05) is 6.07 Å². The minimum atomic E-state index is -0.292. The summed E-state index contributed by atoms with van der Waals surface area (Å²) in [7, 11) is 1.61. The number of ether oxygens (including phenoxy) is 2. The Bertz CT molecular complexity index is 438. The number of esters is 1. The van der Waals surface area contributed by atoms with E-state index < -0.39 is 0 Å². The lowest BCUT2D eigenvalue weighted by atomic mass is 10.1. The van der Waals surface area contributed by atoms with E-state index in [1.807, 2.05) is 18.2 Å². The molecule has 1 aromatic rings. The van der Waals surface area contributed by atoms with Gasteiger partial charge in [0.05, 0.1) is 18.2 Å². The largest absolute Gasteiger partial charge is 0.496 e. The Kier molecular flexibility index (Phi) is 5.22. The molecule has 1 rings (SSSR count). The zero-order valence-corrected chi connectivity index (χ0v) is 11.7. The van der Waals surface area contributed by atoms with Crippen LogP contribution in [0, 0.1) is 0 Å². The van der Waals surface area contributed by atoms with Gasteiger partial charge in [-0.25, -0.2) is 4.79 Å². The maximum absolute atomic E-state index is 11.4. The van der Waals surface area contributed by atoms with Crippen molar-refractivity contribution in [3.05, 3.63) is 33.8 Å². The van der Waals surface area contributed by atoms with Crippen LogP contribution in [-0.4, -0.2) is 19.7 Å². The molecule has 0 N–H and O–H groups in total. The second kappa shape index (κ2) is 6.45. The summed E-state index contributed by atoms with van der Waals surface area (Å²) < 4.78 is 10.9. The lowest BCUT2D eigenvalue weighted by Crippen LogP contribution is -2.04. The fourth-order valence-electron chi connectivity index (χ4n) is 1.33. The number of carbonyl (C=O) groups is 1. The monoisotopic (exact) mass is 298 g/mol. The third-order valence-corrected chi connectivity index (χ3v) is 2.78. The maximum atomic E-state index is 11.4. The van der Waals surface area contributed by atoms with Crippen molar-refractivity contribution in [2.45, 2.75) is 13.8 Å². The van der Waals surface area contributed by atoms with Crippen LogP contribution >= 0.6 is 15.9 Å². The highest BCUT2D eigenvalue weighted by molar-refractivity contribution is 9.10. The lowest BCUT2D eigenvalue weighted by molar-refractivity contribution is -0.138. The molecule has 0 amide bonds. The van der Waals surface area contributed by atoms with Crippen molar-refractivity contribution >= 4 is 28.0 Å². The molecule has 1 aromatic carbocycles. The van der Waals surface area contributed by atoms with Gasteiger partial charge in [0.25, 0.3) is 0 Å². The molecular weight excluding hydrogens is 284 g/mol. The molecule has 0 saturated carbocycles. The average molecular weight is 299 g/mol. The molecular formula is C13H15BrO3. The molecule has 0 heterocycles. The zero-order chi connectivity index (χ0) is 12.8. The zero-order valence-electron chi connectivity index (χ0n) is 10.1. The van der Waals surface area contributed by atoms with Gasteiger partial charge < -0.3 is 9.47 Å². The van der Waals surface area contributed by atoms with Crippen LogP contribution in [0.3, 0.4) is 0 Å². The highest BCUT2D eigenvalue weighted by Gasteiger charge is 2.05. The summed E-state index contributed by atoms with van der Waals surface area (Å²) in [5, 5.41) is 0. The quantitative estimate of drug-likeness (QED) is 0.631. The van der Waals surface area contributed by atoms with Crippen LogP contribution < -0.4 is 4.74 Å². The summed E-state index contributed by atoms with van der Waals surface area (Å²) in [4.78, 5) is 11.4. The number of hydrogen-bond donors (Lipinski definition) is 0. The third-order valence-electron chi connectivity index (χ3n) is 2.16. The van der Waals surface area contributed by atoms with Gasteiger partial charge in [-0.2, -0.15) is 0 Å². The van der Waals surface area contributed by atoms with Crippen molar-refractivity contribution in [2.24, 2.45) is 0 Å². The van der Waals surface area contributed by atoms with Crippen molar-refractivity contribution in [3.8, 4) is 5.75 Å². The Balaban J connectivity index is 2.91. The molecule has 0 saturated heterocycles. The minimum Gasteiger partial charge on any atom is -0.496 e. The predicted octanol–water partition coefficient (Wildman–Crippen LogP) is 3.42. The number of benzene rings is 1. The van der Waals surface area contributed by atoms with E-state index in [1.54, 1.807) is 27.0 Å². The summed E-state index contributed by atoms with van der Waals surface area (Å²) >= 11 is 3.39. The smallest absolute Gasteiger partial charge is 0.333 e. The molecule has 0 fully saturated rings. The Morgan fingerprint density at radius 3 is 2.71 bits per heavy atom. The predicted molar refractivity (Wildman–Crippen MR) is 71.0 cm³/mol. The van der Waals surface area contributed by atoms with E-state index in [-0.39, 0.29) is 5.97 Å². The maximum Gasteiger partial charge on any atom is 0.333 e. The Labute approximate surface area is 110 Å². The summed E-state index contributed by atoms with van der Waals surface area (Å²) in [5.74, 6) is 0.468. The van der Waals surface area contributed by atoms with Crippen molar-refractivity contribution < 1.29 is 14.3 Å². The van der Waals surface area contributed by atoms with Crippen molar-refractivity contribution in [1.29, 1.82) is 0 Å². The second-order valence-electron chi connectivity index (χ2n) is 3.44. The first-order valence-electron chi connectivity index (χ1n) is 5.27. The molecule has 0 aliphatic heterocycles. The van der Waals surface area contributed by atoms with Gasteiger partial charge >= 0.3 is 5.97 Å². The van der Waals surface area contributed by atoms with Crippen molar-refractivity contribution in [3.63, 3.8) is 0 Å². The van der Waals surface area contributed by atoms with Gasteiger partial charge in [0.1, 0.15) is 5.75 Å². The molecule has 0 atom stereocenters. The van der Waals surface area contributed by atoms with Gasteiger partial charge in [0.15, 0.2) is 0 Å². The molecule has 17 heavy (non-hydrogen) atoms. The van der Waals surface area contributed by atoms with Gasteiger partial charge in [0, 0.05) is 5.57 Å². The average Bonchev–Trinajstić information content (AvgIpc) is 2.29. The first-order chi connectivity index (χ1) is 8.08. The standard InChI is InChI=1S/C13H15BrO3/c1-4-17-13(15)9(2)7-10-5-6-12(16-3)11(14)8-10/h5-8H,4H2,1-3H3/b9-7+. The number of carbonyl (C=O) groups excluding carboxylic acids is 1. The first-order valence-corrected chi connectivity index (χ1v) is 6.06. The molecule has 0 bridgehead atoms. The molecule has 0 radical (unpaired) electrons.